The topological polar surface area (TPSA) is 75.0 Å². The molecule has 0 saturated heterocycles. The molecule has 0 spiro atoms. The van der Waals surface area contributed by atoms with Gasteiger partial charge in [-0.3, -0.25) is 0 Å². The standard InChI is InChI=1S/C19H17N3O/c20-10-17-16-8-7-15(23)9-18(16)22(11-12-1-2-12)19(17)13-3-5-14(21)6-4-13/h3-9,12,23H,1-2,11,21H2. The lowest BCUT2D eigenvalue weighted by molar-refractivity contribution is 0.475. The number of nitrogen functional groups attached to an aromatic ring is 1. The Labute approximate surface area is 134 Å². The van der Waals surface area contributed by atoms with E-state index < -0.39 is 0 Å². The highest BCUT2D eigenvalue weighted by Crippen LogP contribution is 2.39. The monoisotopic (exact) mass is 303 g/mol. The summed E-state index contributed by atoms with van der Waals surface area (Å²) in [5, 5.41) is 20.5. The van der Waals surface area contributed by atoms with Gasteiger partial charge in [-0.15, -0.1) is 0 Å². The third-order valence-electron chi connectivity index (χ3n) is 4.48. The fraction of sp³-hybridized carbons (Fsp3) is 0.211. The first-order valence-electron chi connectivity index (χ1n) is 7.78. The molecule has 2 aromatic carbocycles. The van der Waals surface area contributed by atoms with Gasteiger partial charge in [0, 0.05) is 23.7 Å². The Morgan fingerprint density at radius 3 is 2.57 bits per heavy atom. The van der Waals surface area contributed by atoms with Gasteiger partial charge in [0.05, 0.1) is 16.8 Å². The van der Waals surface area contributed by atoms with Gasteiger partial charge in [0.1, 0.15) is 11.8 Å². The number of aromatic hydroxyl groups is 1. The lowest BCUT2D eigenvalue weighted by Gasteiger charge is -2.11. The molecule has 0 aliphatic heterocycles. The second-order valence-electron chi connectivity index (χ2n) is 6.21. The number of rotatable bonds is 3. The molecule has 1 aliphatic rings. The molecular formula is C19H17N3O. The summed E-state index contributed by atoms with van der Waals surface area (Å²) in [6.45, 7) is 0.876. The van der Waals surface area contributed by atoms with Crippen LogP contribution in [0.15, 0.2) is 42.5 Å². The number of phenols is 1. The van der Waals surface area contributed by atoms with Crippen LogP contribution in [0.3, 0.4) is 0 Å². The average molecular weight is 303 g/mol. The third-order valence-corrected chi connectivity index (χ3v) is 4.48. The van der Waals surface area contributed by atoms with Crippen LogP contribution >= 0.6 is 0 Å². The fourth-order valence-electron chi connectivity index (χ4n) is 3.14. The van der Waals surface area contributed by atoms with E-state index in [2.05, 4.69) is 10.6 Å². The molecule has 1 fully saturated rings. The van der Waals surface area contributed by atoms with Gasteiger partial charge in [-0.05, 0) is 48.6 Å². The number of hydrogen-bond acceptors (Lipinski definition) is 3. The van der Waals surface area contributed by atoms with Crippen molar-refractivity contribution in [1.82, 2.24) is 4.57 Å². The number of anilines is 1. The Morgan fingerprint density at radius 2 is 1.91 bits per heavy atom. The van der Waals surface area contributed by atoms with Crippen LogP contribution in [-0.4, -0.2) is 9.67 Å². The fourth-order valence-corrected chi connectivity index (χ4v) is 3.14. The van der Waals surface area contributed by atoms with E-state index in [9.17, 15) is 10.4 Å². The van der Waals surface area contributed by atoms with Gasteiger partial charge >= 0.3 is 0 Å². The van der Waals surface area contributed by atoms with Gasteiger partial charge in [0.25, 0.3) is 0 Å². The van der Waals surface area contributed by atoms with E-state index in [1.165, 1.54) is 12.8 Å². The molecule has 0 radical (unpaired) electrons. The molecule has 114 valence electrons. The maximum atomic E-state index is 9.87. The summed E-state index contributed by atoms with van der Waals surface area (Å²) in [4.78, 5) is 0. The number of hydrogen-bond donors (Lipinski definition) is 2. The molecule has 3 N–H and O–H groups in total. The van der Waals surface area contributed by atoms with Crippen molar-refractivity contribution in [3.63, 3.8) is 0 Å². The van der Waals surface area contributed by atoms with Crippen LogP contribution in [0.25, 0.3) is 22.2 Å². The minimum absolute atomic E-state index is 0.223. The van der Waals surface area contributed by atoms with Gasteiger partial charge in [-0.25, -0.2) is 0 Å². The number of aromatic nitrogens is 1. The van der Waals surface area contributed by atoms with E-state index in [1.807, 2.05) is 30.3 Å². The zero-order chi connectivity index (χ0) is 16.0. The largest absolute Gasteiger partial charge is 0.508 e. The first-order valence-corrected chi connectivity index (χ1v) is 7.78. The second-order valence-corrected chi connectivity index (χ2v) is 6.21. The summed E-state index contributed by atoms with van der Waals surface area (Å²) in [5.41, 5.74) is 9.97. The average Bonchev–Trinajstić information content (AvgIpc) is 3.31. The Hall–Kier alpha value is -2.93. The van der Waals surface area contributed by atoms with Crippen LogP contribution in [0.5, 0.6) is 5.75 Å². The Balaban J connectivity index is 2.03. The van der Waals surface area contributed by atoms with Gasteiger partial charge < -0.3 is 15.4 Å². The number of nitriles is 1. The normalized spacial score (nSPS) is 14.0. The lowest BCUT2D eigenvalue weighted by Crippen LogP contribution is -2.02. The quantitative estimate of drug-likeness (QED) is 0.721. The van der Waals surface area contributed by atoms with Crippen LogP contribution in [-0.2, 0) is 6.54 Å². The molecule has 4 heteroatoms. The van der Waals surface area contributed by atoms with Gasteiger partial charge in [0.2, 0.25) is 0 Å². The minimum atomic E-state index is 0.223. The van der Waals surface area contributed by atoms with Crippen molar-refractivity contribution in [3.05, 3.63) is 48.0 Å². The van der Waals surface area contributed by atoms with Gasteiger partial charge in [-0.1, -0.05) is 12.1 Å². The van der Waals surface area contributed by atoms with Gasteiger partial charge in [0.15, 0.2) is 0 Å². The van der Waals surface area contributed by atoms with Crippen molar-refractivity contribution < 1.29 is 5.11 Å². The molecule has 4 rings (SSSR count). The van der Waals surface area contributed by atoms with E-state index in [1.54, 1.807) is 12.1 Å². The maximum absolute atomic E-state index is 9.87. The molecule has 3 aromatic rings. The van der Waals surface area contributed by atoms with Crippen molar-refractivity contribution in [2.45, 2.75) is 19.4 Å². The van der Waals surface area contributed by atoms with Crippen LogP contribution in [0.1, 0.15) is 18.4 Å². The third kappa shape index (κ3) is 2.31. The molecule has 1 aliphatic carbocycles. The highest BCUT2D eigenvalue weighted by molar-refractivity contribution is 5.95. The zero-order valence-electron chi connectivity index (χ0n) is 12.7. The maximum Gasteiger partial charge on any atom is 0.117 e. The van der Waals surface area contributed by atoms with E-state index >= 15 is 0 Å². The number of nitrogens with two attached hydrogens (primary N) is 1. The van der Waals surface area contributed by atoms with Gasteiger partial charge in [-0.2, -0.15) is 5.26 Å². The second kappa shape index (κ2) is 5.06. The molecule has 1 heterocycles. The van der Waals surface area contributed by atoms with Crippen molar-refractivity contribution in [3.8, 4) is 23.1 Å². The molecule has 23 heavy (non-hydrogen) atoms. The van der Waals surface area contributed by atoms with Crippen LogP contribution in [0.2, 0.25) is 0 Å². The van der Waals surface area contributed by atoms with Crippen molar-refractivity contribution in [1.29, 1.82) is 5.26 Å². The van der Waals surface area contributed by atoms with E-state index in [4.69, 9.17) is 5.73 Å². The number of fused-ring (bicyclic) bond motifs is 1. The Bertz CT molecular complexity index is 928. The minimum Gasteiger partial charge on any atom is -0.508 e. The zero-order valence-corrected chi connectivity index (χ0v) is 12.7. The van der Waals surface area contributed by atoms with Crippen LogP contribution in [0.4, 0.5) is 5.69 Å². The van der Waals surface area contributed by atoms with E-state index in [0.29, 0.717) is 17.2 Å². The predicted molar refractivity (Wildman–Crippen MR) is 90.9 cm³/mol. The van der Waals surface area contributed by atoms with Crippen molar-refractivity contribution >= 4 is 16.6 Å². The molecular weight excluding hydrogens is 286 g/mol. The number of nitrogens with zero attached hydrogens (tertiary/aromatic N) is 2. The van der Waals surface area contributed by atoms with Crippen molar-refractivity contribution in [2.75, 3.05) is 5.73 Å². The smallest absolute Gasteiger partial charge is 0.117 e. The number of benzene rings is 2. The summed E-state index contributed by atoms with van der Waals surface area (Å²) < 4.78 is 2.18. The van der Waals surface area contributed by atoms with Crippen LogP contribution in [0, 0.1) is 17.2 Å². The molecule has 0 unspecified atom stereocenters. The molecule has 0 amide bonds. The molecule has 1 saturated carbocycles. The summed E-state index contributed by atoms with van der Waals surface area (Å²) in [6, 6.07) is 15.2. The molecule has 1 aromatic heterocycles. The summed E-state index contributed by atoms with van der Waals surface area (Å²) in [6.07, 6.45) is 2.45. The number of phenolic OH excluding ortho intramolecular Hbond substituents is 1. The van der Waals surface area contributed by atoms with Crippen molar-refractivity contribution in [2.24, 2.45) is 5.92 Å². The summed E-state index contributed by atoms with van der Waals surface area (Å²) in [5.74, 6) is 0.882. The van der Waals surface area contributed by atoms with E-state index in [0.717, 1.165) is 28.7 Å². The van der Waals surface area contributed by atoms with E-state index in [-0.39, 0.29) is 5.75 Å². The van der Waals surface area contributed by atoms with Crippen LogP contribution < -0.4 is 5.73 Å². The predicted octanol–water partition coefficient (Wildman–Crippen LogP) is 3.88. The first kappa shape index (κ1) is 13.7. The Kier molecular flexibility index (Phi) is 3.02. The first-order chi connectivity index (χ1) is 11.2. The SMILES string of the molecule is N#Cc1c(-c2ccc(N)cc2)n(CC2CC2)c2cc(O)ccc12. The highest BCUT2D eigenvalue weighted by Gasteiger charge is 2.26. The lowest BCUT2D eigenvalue weighted by atomic mass is 10.1. The summed E-state index contributed by atoms with van der Waals surface area (Å²) in [7, 11) is 0. The molecule has 0 bridgehead atoms. The molecule has 4 nitrogen and oxygen atoms in total. The summed E-state index contributed by atoms with van der Waals surface area (Å²) >= 11 is 0. The Morgan fingerprint density at radius 1 is 1.17 bits per heavy atom. The highest BCUT2D eigenvalue weighted by atomic mass is 16.3. The molecule has 0 atom stereocenters.